The maximum Gasteiger partial charge on any atom is 0.154 e. The number of benzene rings is 1. The highest BCUT2D eigenvalue weighted by atomic mass is 35.5. The van der Waals surface area contributed by atoms with Crippen LogP contribution in [0.2, 0.25) is 0 Å². The minimum Gasteiger partial charge on any atom is -0.491 e. The van der Waals surface area contributed by atoms with Crippen LogP contribution in [-0.2, 0) is 0 Å². The molecule has 0 aliphatic heterocycles. The van der Waals surface area contributed by atoms with Gasteiger partial charge in [-0.2, -0.15) is 5.26 Å². The summed E-state index contributed by atoms with van der Waals surface area (Å²) in [7, 11) is 0. The summed E-state index contributed by atoms with van der Waals surface area (Å²) in [4.78, 5) is 1.18. The van der Waals surface area contributed by atoms with Gasteiger partial charge in [-0.15, -0.1) is 23.4 Å². The average Bonchev–Trinajstić information content (AvgIpc) is 2.26. The van der Waals surface area contributed by atoms with E-state index in [4.69, 9.17) is 21.6 Å². The Kier molecular flexibility index (Phi) is 4.64. The van der Waals surface area contributed by atoms with Crippen molar-refractivity contribution < 1.29 is 4.74 Å². The number of nitrogens with zero attached hydrogens (tertiary/aromatic N) is 1. The molecule has 0 bridgehead atoms. The van der Waals surface area contributed by atoms with Crippen LogP contribution in [0.1, 0.15) is 0 Å². The second-order valence-corrected chi connectivity index (χ2v) is 3.99. The van der Waals surface area contributed by atoms with Crippen LogP contribution < -0.4 is 4.74 Å². The van der Waals surface area contributed by atoms with Gasteiger partial charge >= 0.3 is 0 Å². The first-order valence-corrected chi connectivity index (χ1v) is 5.73. The Morgan fingerprint density at radius 3 is 2.64 bits per heavy atom. The molecule has 2 nitrogen and oxygen atoms in total. The van der Waals surface area contributed by atoms with Crippen molar-refractivity contribution in [2.45, 2.75) is 10.3 Å². The van der Waals surface area contributed by atoms with Crippen LogP contribution in [0.25, 0.3) is 0 Å². The van der Waals surface area contributed by atoms with Gasteiger partial charge in [0.15, 0.2) is 5.38 Å². The van der Waals surface area contributed by atoms with Crippen LogP contribution >= 0.6 is 23.4 Å². The molecule has 1 unspecified atom stereocenters. The van der Waals surface area contributed by atoms with Gasteiger partial charge in [-0.25, -0.2) is 0 Å². The van der Waals surface area contributed by atoms with E-state index in [1.807, 2.05) is 36.6 Å². The summed E-state index contributed by atoms with van der Waals surface area (Å²) in [5, 5.41) is 7.84. The Morgan fingerprint density at radius 2 is 2.14 bits per heavy atom. The summed E-state index contributed by atoms with van der Waals surface area (Å²) in [6.45, 7) is 0.219. The van der Waals surface area contributed by atoms with Crippen molar-refractivity contribution in [1.82, 2.24) is 0 Å². The molecule has 1 aromatic carbocycles. The van der Waals surface area contributed by atoms with Crippen LogP contribution in [-0.4, -0.2) is 18.2 Å². The third-order valence-electron chi connectivity index (χ3n) is 1.60. The Bertz CT molecular complexity index is 320. The maximum atomic E-state index is 8.43. The van der Waals surface area contributed by atoms with Crippen molar-refractivity contribution in [3.8, 4) is 11.8 Å². The number of hydrogen-bond acceptors (Lipinski definition) is 3. The highest BCUT2D eigenvalue weighted by molar-refractivity contribution is 7.98. The molecule has 1 atom stereocenters. The van der Waals surface area contributed by atoms with Crippen LogP contribution in [0.3, 0.4) is 0 Å². The second-order valence-electron chi connectivity index (χ2n) is 2.58. The van der Waals surface area contributed by atoms with E-state index in [2.05, 4.69) is 0 Å². The van der Waals surface area contributed by atoms with Crippen molar-refractivity contribution in [3.05, 3.63) is 24.3 Å². The highest BCUT2D eigenvalue weighted by Crippen LogP contribution is 2.19. The molecule has 0 aromatic heterocycles. The summed E-state index contributed by atoms with van der Waals surface area (Å²) in [5.41, 5.74) is 0. The zero-order valence-corrected chi connectivity index (χ0v) is 9.31. The molecule has 0 fully saturated rings. The van der Waals surface area contributed by atoms with E-state index in [1.165, 1.54) is 4.90 Å². The van der Waals surface area contributed by atoms with E-state index in [-0.39, 0.29) is 6.61 Å². The minimum atomic E-state index is -0.588. The van der Waals surface area contributed by atoms with E-state index in [0.29, 0.717) is 0 Å². The van der Waals surface area contributed by atoms with Gasteiger partial charge < -0.3 is 4.74 Å². The molecule has 0 N–H and O–H groups in total. The summed E-state index contributed by atoms with van der Waals surface area (Å²) >= 11 is 7.26. The fourth-order valence-corrected chi connectivity index (χ4v) is 1.35. The van der Waals surface area contributed by atoms with E-state index in [0.717, 1.165) is 5.75 Å². The molecule has 74 valence electrons. The number of thioether (sulfide) groups is 1. The fraction of sp³-hybridized carbons (Fsp3) is 0.300. The normalized spacial score (nSPS) is 11.8. The van der Waals surface area contributed by atoms with Crippen LogP contribution in [0.5, 0.6) is 5.75 Å². The Balaban J connectivity index is 2.48. The smallest absolute Gasteiger partial charge is 0.154 e. The molecule has 0 radical (unpaired) electrons. The number of nitriles is 1. The van der Waals surface area contributed by atoms with Gasteiger partial charge in [-0.3, -0.25) is 0 Å². The van der Waals surface area contributed by atoms with Gasteiger partial charge in [0.1, 0.15) is 12.4 Å². The van der Waals surface area contributed by atoms with Crippen LogP contribution in [0, 0.1) is 11.3 Å². The summed E-state index contributed by atoms with van der Waals surface area (Å²) in [6, 6.07) is 9.57. The number of hydrogen-bond donors (Lipinski definition) is 0. The lowest BCUT2D eigenvalue weighted by Crippen LogP contribution is -2.08. The molecular formula is C10H10ClNOS. The lowest BCUT2D eigenvalue weighted by molar-refractivity contribution is 0.329. The molecule has 0 saturated carbocycles. The molecule has 0 spiro atoms. The monoisotopic (exact) mass is 227 g/mol. The summed E-state index contributed by atoms with van der Waals surface area (Å²) in [6.07, 6.45) is 2.01. The standard InChI is InChI=1S/C10H10ClNOS/c1-14-10-4-2-9(3-5-10)13-7-8(11)6-12/h2-5,8H,7H2,1H3. The molecule has 0 heterocycles. The van der Waals surface area contributed by atoms with E-state index in [9.17, 15) is 0 Å². The highest BCUT2D eigenvalue weighted by Gasteiger charge is 2.02. The van der Waals surface area contributed by atoms with Crippen molar-refractivity contribution in [2.24, 2.45) is 0 Å². The Hall–Kier alpha value is -0.850. The van der Waals surface area contributed by atoms with Crippen molar-refractivity contribution in [1.29, 1.82) is 5.26 Å². The van der Waals surface area contributed by atoms with Crippen molar-refractivity contribution in [3.63, 3.8) is 0 Å². The largest absolute Gasteiger partial charge is 0.491 e. The van der Waals surface area contributed by atoms with Gasteiger partial charge in [0, 0.05) is 4.90 Å². The first-order chi connectivity index (χ1) is 6.76. The Morgan fingerprint density at radius 1 is 1.50 bits per heavy atom. The van der Waals surface area contributed by atoms with Gasteiger partial charge in [-0.05, 0) is 30.5 Å². The third kappa shape index (κ3) is 3.49. The second kappa shape index (κ2) is 5.79. The SMILES string of the molecule is CSc1ccc(OCC(Cl)C#N)cc1. The zero-order chi connectivity index (χ0) is 10.4. The number of alkyl halides is 1. The Labute approximate surface area is 92.8 Å². The summed E-state index contributed by atoms with van der Waals surface area (Å²) in [5.74, 6) is 0.740. The fourth-order valence-electron chi connectivity index (χ4n) is 0.879. The number of rotatable bonds is 4. The van der Waals surface area contributed by atoms with Crippen molar-refractivity contribution in [2.75, 3.05) is 12.9 Å². The van der Waals surface area contributed by atoms with E-state index < -0.39 is 5.38 Å². The average molecular weight is 228 g/mol. The lowest BCUT2D eigenvalue weighted by Gasteiger charge is -2.06. The first kappa shape index (κ1) is 11.2. The summed E-state index contributed by atoms with van der Waals surface area (Å²) < 4.78 is 5.29. The van der Waals surface area contributed by atoms with E-state index in [1.54, 1.807) is 11.8 Å². The topological polar surface area (TPSA) is 33.0 Å². The molecule has 14 heavy (non-hydrogen) atoms. The molecule has 4 heteroatoms. The number of halogens is 1. The van der Waals surface area contributed by atoms with Crippen molar-refractivity contribution >= 4 is 23.4 Å². The van der Waals surface area contributed by atoms with Crippen LogP contribution in [0.4, 0.5) is 0 Å². The predicted molar refractivity (Wildman–Crippen MR) is 59.0 cm³/mol. The molecule has 1 aromatic rings. The van der Waals surface area contributed by atoms with Gasteiger partial charge in [0.2, 0.25) is 0 Å². The predicted octanol–water partition coefficient (Wildman–Crippen LogP) is 2.92. The molecule has 0 aliphatic carbocycles. The molecule has 0 saturated heterocycles. The molecular weight excluding hydrogens is 218 g/mol. The lowest BCUT2D eigenvalue weighted by atomic mass is 10.3. The quantitative estimate of drug-likeness (QED) is 0.586. The maximum absolute atomic E-state index is 8.43. The zero-order valence-electron chi connectivity index (χ0n) is 7.74. The molecule has 1 rings (SSSR count). The number of ether oxygens (including phenoxy) is 1. The molecule has 0 amide bonds. The minimum absolute atomic E-state index is 0.219. The van der Waals surface area contributed by atoms with Crippen LogP contribution in [0.15, 0.2) is 29.2 Å². The first-order valence-electron chi connectivity index (χ1n) is 4.07. The van der Waals surface area contributed by atoms with Gasteiger partial charge in [0.05, 0.1) is 6.07 Å². The third-order valence-corrected chi connectivity index (χ3v) is 2.56. The molecule has 0 aliphatic rings. The van der Waals surface area contributed by atoms with Gasteiger partial charge in [0.25, 0.3) is 0 Å². The van der Waals surface area contributed by atoms with Gasteiger partial charge in [-0.1, -0.05) is 0 Å². The van der Waals surface area contributed by atoms with E-state index >= 15 is 0 Å².